The van der Waals surface area contributed by atoms with Crippen LogP contribution in [0.2, 0.25) is 0 Å². The summed E-state index contributed by atoms with van der Waals surface area (Å²) in [6.07, 6.45) is 1.92. The molecule has 0 radical (unpaired) electrons. The molecule has 25 heavy (non-hydrogen) atoms. The zero-order chi connectivity index (χ0) is 17.6. The molecule has 0 fully saturated rings. The molecule has 3 rings (SSSR count). The number of rotatable bonds is 7. The number of nitrogens with one attached hydrogen (secondary N) is 1. The van der Waals surface area contributed by atoms with Crippen LogP contribution in [0.15, 0.2) is 29.0 Å². The lowest BCUT2D eigenvalue weighted by Crippen LogP contribution is -2.42. The molecule has 1 atom stereocenters. The summed E-state index contributed by atoms with van der Waals surface area (Å²) in [5.41, 5.74) is 1.33. The molecule has 0 aromatic carbocycles. The van der Waals surface area contributed by atoms with E-state index in [0.29, 0.717) is 25.9 Å². The maximum Gasteiger partial charge on any atom is 0.305 e. The molecule has 0 aliphatic carbocycles. The summed E-state index contributed by atoms with van der Waals surface area (Å²) >= 11 is 3.54. The van der Waals surface area contributed by atoms with Gasteiger partial charge in [0, 0.05) is 29.3 Å². The van der Waals surface area contributed by atoms with Gasteiger partial charge in [0.25, 0.3) is 0 Å². The molecule has 134 valence electrons. The molecule has 0 saturated carbocycles. The van der Waals surface area contributed by atoms with Crippen LogP contribution in [0.3, 0.4) is 0 Å². The summed E-state index contributed by atoms with van der Waals surface area (Å²) in [6.45, 7) is 1.75. The van der Waals surface area contributed by atoms with E-state index in [2.05, 4.69) is 43.9 Å². The first kappa shape index (κ1) is 18.1. The summed E-state index contributed by atoms with van der Waals surface area (Å²) < 4.78 is 4.60. The van der Waals surface area contributed by atoms with Gasteiger partial charge in [-0.15, -0.1) is 22.7 Å². The van der Waals surface area contributed by atoms with Gasteiger partial charge in [-0.2, -0.15) is 0 Å². The fraction of sp³-hybridized carbons (Fsp3) is 0.444. The van der Waals surface area contributed by atoms with E-state index in [0.717, 1.165) is 13.0 Å². The minimum Gasteiger partial charge on any atom is -0.469 e. The normalized spacial score (nSPS) is 17.1. The van der Waals surface area contributed by atoms with Crippen molar-refractivity contribution in [1.82, 2.24) is 10.2 Å². The number of thiophene rings is 2. The quantitative estimate of drug-likeness (QED) is 0.595. The van der Waals surface area contributed by atoms with E-state index in [1.165, 1.54) is 22.4 Å². The molecule has 0 saturated heterocycles. The summed E-state index contributed by atoms with van der Waals surface area (Å²) in [5, 5.41) is 7.14. The van der Waals surface area contributed by atoms with Gasteiger partial charge >= 0.3 is 5.97 Å². The molecule has 2 aromatic rings. The molecule has 1 N–H and O–H groups in total. The van der Waals surface area contributed by atoms with Gasteiger partial charge in [0.05, 0.1) is 19.7 Å². The van der Waals surface area contributed by atoms with Crippen molar-refractivity contribution in [3.8, 4) is 0 Å². The number of carbonyl (C=O) groups excluding carboxylic acids is 2. The number of methoxy groups -OCH3 is 1. The van der Waals surface area contributed by atoms with E-state index < -0.39 is 0 Å². The zero-order valence-electron chi connectivity index (χ0n) is 14.2. The monoisotopic (exact) mass is 378 g/mol. The first-order chi connectivity index (χ1) is 12.2. The maximum atomic E-state index is 12.3. The highest BCUT2D eigenvalue weighted by molar-refractivity contribution is 7.10. The van der Waals surface area contributed by atoms with Crippen LogP contribution in [-0.4, -0.2) is 43.5 Å². The highest BCUT2D eigenvalue weighted by Crippen LogP contribution is 2.39. The predicted octanol–water partition coefficient (Wildman–Crippen LogP) is 2.83. The number of ether oxygens (including phenoxy) is 1. The van der Waals surface area contributed by atoms with Crippen molar-refractivity contribution < 1.29 is 14.3 Å². The predicted molar refractivity (Wildman–Crippen MR) is 100 cm³/mol. The van der Waals surface area contributed by atoms with E-state index in [1.807, 2.05) is 0 Å². The van der Waals surface area contributed by atoms with Gasteiger partial charge in [-0.25, -0.2) is 0 Å². The summed E-state index contributed by atoms with van der Waals surface area (Å²) in [4.78, 5) is 28.4. The van der Waals surface area contributed by atoms with Crippen LogP contribution in [0.4, 0.5) is 0 Å². The van der Waals surface area contributed by atoms with Crippen LogP contribution in [0.1, 0.15) is 34.2 Å². The van der Waals surface area contributed by atoms with Crippen LogP contribution >= 0.6 is 22.7 Å². The highest BCUT2D eigenvalue weighted by atomic mass is 32.1. The lowest BCUT2D eigenvalue weighted by Gasteiger charge is -2.34. The largest absolute Gasteiger partial charge is 0.469 e. The van der Waals surface area contributed by atoms with Crippen LogP contribution < -0.4 is 5.32 Å². The van der Waals surface area contributed by atoms with Gasteiger partial charge in [0.15, 0.2) is 0 Å². The maximum absolute atomic E-state index is 12.3. The first-order valence-electron chi connectivity index (χ1n) is 8.36. The Kier molecular flexibility index (Phi) is 6.23. The number of nitrogens with zero attached hydrogens (tertiary/aromatic N) is 1. The third kappa shape index (κ3) is 4.48. The van der Waals surface area contributed by atoms with Gasteiger partial charge in [-0.05, 0) is 41.3 Å². The molecule has 3 heterocycles. The summed E-state index contributed by atoms with van der Waals surface area (Å²) in [5.74, 6) is -0.238. The molecule has 5 nitrogen and oxygen atoms in total. The molecule has 1 aliphatic heterocycles. The molecule has 7 heteroatoms. The van der Waals surface area contributed by atoms with Crippen LogP contribution in [-0.2, 0) is 20.7 Å². The Hall–Kier alpha value is -1.70. The smallest absolute Gasteiger partial charge is 0.305 e. The number of hydrogen-bond acceptors (Lipinski definition) is 6. The van der Waals surface area contributed by atoms with E-state index in [4.69, 9.17) is 0 Å². The lowest BCUT2D eigenvalue weighted by atomic mass is 9.98. The average molecular weight is 379 g/mol. The fourth-order valence-corrected chi connectivity index (χ4v) is 4.90. The van der Waals surface area contributed by atoms with Gasteiger partial charge in [0.2, 0.25) is 5.91 Å². The number of esters is 1. The van der Waals surface area contributed by atoms with Gasteiger partial charge < -0.3 is 10.1 Å². The summed E-state index contributed by atoms with van der Waals surface area (Å²) in [7, 11) is 1.38. The second-order valence-electron chi connectivity index (χ2n) is 5.97. The molecule has 1 aliphatic rings. The number of amides is 1. The Morgan fingerprint density at radius 3 is 2.96 bits per heavy atom. The molecule has 0 spiro atoms. The molecular formula is C18H22N2O3S2. The second kappa shape index (κ2) is 8.60. The van der Waals surface area contributed by atoms with Crippen LogP contribution in [0.5, 0.6) is 0 Å². The first-order valence-corrected chi connectivity index (χ1v) is 10.1. The van der Waals surface area contributed by atoms with E-state index >= 15 is 0 Å². The van der Waals surface area contributed by atoms with E-state index in [-0.39, 0.29) is 17.9 Å². The number of carbonyl (C=O) groups is 2. The van der Waals surface area contributed by atoms with Crippen LogP contribution in [0.25, 0.3) is 0 Å². The van der Waals surface area contributed by atoms with Crippen molar-refractivity contribution in [2.24, 2.45) is 0 Å². The van der Waals surface area contributed by atoms with Gasteiger partial charge in [-0.1, -0.05) is 6.07 Å². The summed E-state index contributed by atoms with van der Waals surface area (Å²) in [6, 6.07) is 6.55. The Labute approximate surface area is 155 Å². The molecule has 0 bridgehead atoms. The Balaban J connectivity index is 1.59. The van der Waals surface area contributed by atoms with Crippen molar-refractivity contribution >= 4 is 34.6 Å². The van der Waals surface area contributed by atoms with Crippen molar-refractivity contribution in [2.45, 2.75) is 25.3 Å². The Morgan fingerprint density at radius 2 is 2.20 bits per heavy atom. The van der Waals surface area contributed by atoms with E-state index in [1.54, 1.807) is 22.7 Å². The fourth-order valence-electron chi connectivity index (χ4n) is 3.12. The van der Waals surface area contributed by atoms with Crippen LogP contribution in [0, 0.1) is 0 Å². The van der Waals surface area contributed by atoms with Crippen molar-refractivity contribution in [1.29, 1.82) is 0 Å². The Bertz CT molecular complexity index is 712. The standard InChI is InChI=1S/C18H22N2O3S2/c1-23-17(22)5-2-8-19-16(21)12-20-9-6-14-13(7-11-25-14)18(20)15-4-3-10-24-15/h3-4,7,10-11,18H,2,5-6,8-9,12H2,1H3,(H,19,21). The van der Waals surface area contributed by atoms with Crippen molar-refractivity contribution in [3.63, 3.8) is 0 Å². The van der Waals surface area contributed by atoms with Gasteiger partial charge in [-0.3, -0.25) is 14.5 Å². The minimum absolute atomic E-state index is 0.00472. The minimum atomic E-state index is -0.243. The third-order valence-electron chi connectivity index (χ3n) is 4.33. The average Bonchev–Trinajstić information content (AvgIpc) is 3.29. The van der Waals surface area contributed by atoms with Gasteiger partial charge in [0.1, 0.15) is 0 Å². The second-order valence-corrected chi connectivity index (χ2v) is 7.95. The molecule has 1 unspecified atom stereocenters. The van der Waals surface area contributed by atoms with Crippen molar-refractivity contribution in [2.75, 3.05) is 26.7 Å². The Morgan fingerprint density at radius 1 is 1.32 bits per heavy atom. The third-order valence-corrected chi connectivity index (χ3v) is 6.25. The SMILES string of the molecule is COC(=O)CCCNC(=O)CN1CCc2sccc2C1c1cccs1. The zero-order valence-corrected chi connectivity index (χ0v) is 15.8. The molecular weight excluding hydrogens is 356 g/mol. The lowest BCUT2D eigenvalue weighted by molar-refractivity contribution is -0.140. The number of fused-ring (bicyclic) bond motifs is 1. The molecule has 2 aromatic heterocycles. The highest BCUT2D eigenvalue weighted by Gasteiger charge is 2.31. The van der Waals surface area contributed by atoms with E-state index in [9.17, 15) is 9.59 Å². The number of hydrogen-bond donors (Lipinski definition) is 1. The topological polar surface area (TPSA) is 58.6 Å². The van der Waals surface area contributed by atoms with Crippen molar-refractivity contribution in [3.05, 3.63) is 44.3 Å². The molecule has 1 amide bonds.